The predicted molar refractivity (Wildman–Crippen MR) is 230 cm³/mol. The van der Waals surface area contributed by atoms with E-state index in [1.165, 1.54) is 12.8 Å². The Morgan fingerprint density at radius 3 is 1.86 bits per heavy atom. The molecular weight excluding hydrogens is 849 g/mol. The van der Waals surface area contributed by atoms with E-state index in [1.54, 1.807) is 6.92 Å². The summed E-state index contributed by atoms with van der Waals surface area (Å²) in [6.45, 7) is 14.3. The van der Waals surface area contributed by atoms with Crippen LogP contribution in [0.2, 0.25) is 0 Å². The fourth-order valence-corrected chi connectivity index (χ4v) is 15.5. The molecule has 25 atom stereocenters. The first-order valence-electron chi connectivity index (χ1n) is 24.4. The van der Waals surface area contributed by atoms with Crippen LogP contribution in [0.1, 0.15) is 113 Å². The van der Waals surface area contributed by atoms with Crippen molar-refractivity contribution < 1.29 is 84.6 Å². The molecule has 0 aromatic heterocycles. The summed E-state index contributed by atoms with van der Waals surface area (Å²) in [7, 11) is 0. The van der Waals surface area contributed by atoms with Gasteiger partial charge in [-0.15, -0.1) is 0 Å². The molecule has 3 aliphatic heterocycles. The summed E-state index contributed by atoms with van der Waals surface area (Å²) < 4.78 is 35.4. The highest BCUT2D eigenvalue weighted by Crippen LogP contribution is 2.89. The lowest BCUT2D eigenvalue weighted by Crippen LogP contribution is -2.64. The normalized spacial score (nSPS) is 53.9. The maximum atomic E-state index is 11.7. The van der Waals surface area contributed by atoms with Gasteiger partial charge in [-0.1, -0.05) is 46.3 Å². The van der Waals surface area contributed by atoms with Crippen molar-refractivity contribution in [2.24, 2.45) is 50.7 Å². The van der Waals surface area contributed by atoms with Gasteiger partial charge in [-0.05, 0) is 129 Å². The molecule has 5 saturated carbocycles. The molecule has 8 rings (SSSR count). The van der Waals surface area contributed by atoms with Crippen LogP contribution in [0, 0.1) is 50.7 Å². The Balaban J connectivity index is 0.875. The van der Waals surface area contributed by atoms with E-state index in [-0.39, 0.29) is 45.7 Å². The van der Waals surface area contributed by atoms with Crippen LogP contribution < -0.4 is 0 Å². The largest absolute Gasteiger partial charge is 0.394 e. The number of aliphatic hydroxyl groups is 11. The zero-order valence-electron chi connectivity index (χ0n) is 39.3. The standard InChI is InChI=1S/C48H80O17/c1-22(20-60-41-37(57)34(54)32(52)27(18-49)62-41)8-9-26(51)23(2)25-12-14-46(7)30-11-10-29-44(4,5)31(13-15-47(29)21-48(30,47)17-16-45(25,46)6)64-42-39(59)36(56)40(24(3)61-42)65-43-38(58)35(55)33(53)28(19-50)63-43/h8,23-43,49-59H,9-21H2,1-7H3/b22-8-/t23-,24+,25+,26-,27+,28+,29-,30-,31-,32+,33+,34-,35-,36+,37+,38+,39+,40-,41+,42-,43-,45+,46-,47+,48-/m0/s1. The highest BCUT2D eigenvalue weighted by molar-refractivity contribution is 5.31. The number of hydrogen-bond acceptors (Lipinski definition) is 17. The maximum absolute atomic E-state index is 11.7. The van der Waals surface area contributed by atoms with E-state index in [4.69, 9.17) is 28.4 Å². The molecule has 3 saturated heterocycles. The Hall–Kier alpha value is -0.940. The smallest absolute Gasteiger partial charge is 0.187 e. The molecular formula is C48H80O17. The van der Waals surface area contributed by atoms with Gasteiger partial charge >= 0.3 is 0 Å². The molecule has 8 aliphatic rings. The SMILES string of the molecule is C/C(=C/C[C@H](O)[C@@H](C)[C@H]1CC[C@@]2(C)[C@@H]3CC[C@H]4C(C)(C)[C@@H](O[C@@H]5O[C@H](C)[C@H](O[C@@H]6O[C@H](CO)[C@@H](O)[C@H](O)[C@H]6O)[C@H](O)[C@H]5O)CC[C@@]45C[C@@]35CC[C@]12C)CO[C@@H]1O[C@H](CO)[C@@H](O)[C@H](O)[C@H]1O. The van der Waals surface area contributed by atoms with E-state index < -0.39 is 111 Å². The van der Waals surface area contributed by atoms with Crippen molar-refractivity contribution >= 4 is 0 Å². The summed E-state index contributed by atoms with van der Waals surface area (Å²) in [6, 6.07) is 0. The Labute approximate surface area is 383 Å². The van der Waals surface area contributed by atoms with Gasteiger partial charge in [0.2, 0.25) is 0 Å². The van der Waals surface area contributed by atoms with E-state index in [0.29, 0.717) is 24.2 Å². The quantitative estimate of drug-likeness (QED) is 0.0892. The molecule has 0 amide bonds. The third-order valence-electron chi connectivity index (χ3n) is 19.6. The molecule has 17 heteroatoms. The van der Waals surface area contributed by atoms with Gasteiger partial charge in [0.1, 0.15) is 67.1 Å². The molecule has 8 fully saturated rings. The van der Waals surface area contributed by atoms with Crippen LogP contribution in [0.4, 0.5) is 0 Å². The zero-order chi connectivity index (χ0) is 47.3. The number of ether oxygens (including phenoxy) is 6. The van der Waals surface area contributed by atoms with Crippen LogP contribution in [0.5, 0.6) is 0 Å². The minimum Gasteiger partial charge on any atom is -0.394 e. The Morgan fingerprint density at radius 2 is 1.22 bits per heavy atom. The van der Waals surface area contributed by atoms with E-state index in [2.05, 4.69) is 34.6 Å². The van der Waals surface area contributed by atoms with Crippen molar-refractivity contribution in [1.82, 2.24) is 0 Å². The van der Waals surface area contributed by atoms with Crippen LogP contribution in [0.3, 0.4) is 0 Å². The molecule has 374 valence electrons. The lowest BCUT2D eigenvalue weighted by molar-refractivity contribution is -0.363. The summed E-state index contributed by atoms with van der Waals surface area (Å²) in [6.07, 6.45) is -9.04. The van der Waals surface area contributed by atoms with Gasteiger partial charge < -0.3 is 84.6 Å². The van der Waals surface area contributed by atoms with E-state index in [9.17, 15) is 56.2 Å². The van der Waals surface area contributed by atoms with Crippen LogP contribution in [0.15, 0.2) is 11.6 Å². The van der Waals surface area contributed by atoms with Gasteiger partial charge in [-0.2, -0.15) is 0 Å². The first-order valence-corrected chi connectivity index (χ1v) is 24.4. The predicted octanol–water partition coefficient (Wildman–Crippen LogP) is 0.612. The van der Waals surface area contributed by atoms with Crippen LogP contribution in [-0.4, -0.2) is 180 Å². The average Bonchev–Trinajstić information content (AvgIpc) is 3.86. The molecule has 0 unspecified atom stereocenters. The van der Waals surface area contributed by atoms with Gasteiger partial charge in [0, 0.05) is 0 Å². The second kappa shape index (κ2) is 18.3. The van der Waals surface area contributed by atoms with E-state index >= 15 is 0 Å². The highest BCUT2D eigenvalue weighted by atomic mass is 16.7. The third-order valence-corrected chi connectivity index (χ3v) is 19.6. The Morgan fingerprint density at radius 1 is 0.646 bits per heavy atom. The number of aliphatic hydroxyl groups excluding tert-OH is 11. The molecule has 0 bridgehead atoms. The van der Waals surface area contributed by atoms with Gasteiger partial charge in [0.05, 0.1) is 38.1 Å². The minimum atomic E-state index is -1.67. The van der Waals surface area contributed by atoms with Crippen LogP contribution in [0.25, 0.3) is 0 Å². The molecule has 11 N–H and O–H groups in total. The fraction of sp³-hybridized carbons (Fsp3) is 0.958. The van der Waals surface area contributed by atoms with Crippen LogP contribution in [-0.2, 0) is 28.4 Å². The summed E-state index contributed by atoms with van der Waals surface area (Å²) in [5.41, 5.74) is 1.23. The molecule has 0 aromatic rings. The first-order chi connectivity index (χ1) is 30.5. The number of hydrogen-bond donors (Lipinski definition) is 11. The topological polar surface area (TPSA) is 278 Å². The van der Waals surface area contributed by atoms with Crippen molar-refractivity contribution in [3.63, 3.8) is 0 Å². The van der Waals surface area contributed by atoms with Crippen molar-refractivity contribution in [1.29, 1.82) is 0 Å². The summed E-state index contributed by atoms with van der Waals surface area (Å²) in [5.74, 6) is 1.40. The second-order valence-electron chi connectivity index (χ2n) is 22.8. The Bertz CT molecular complexity index is 1700. The summed E-state index contributed by atoms with van der Waals surface area (Å²) >= 11 is 0. The molecule has 0 aromatic carbocycles. The monoisotopic (exact) mass is 929 g/mol. The maximum Gasteiger partial charge on any atom is 0.187 e. The summed E-state index contributed by atoms with van der Waals surface area (Å²) in [5, 5.41) is 115. The molecule has 65 heavy (non-hydrogen) atoms. The molecule has 5 aliphatic carbocycles. The van der Waals surface area contributed by atoms with Gasteiger partial charge in [-0.3, -0.25) is 0 Å². The number of rotatable bonds is 13. The van der Waals surface area contributed by atoms with E-state index in [0.717, 1.165) is 50.5 Å². The van der Waals surface area contributed by atoms with Gasteiger partial charge in [-0.25, -0.2) is 0 Å². The third kappa shape index (κ3) is 8.03. The number of fused-ring (bicyclic) bond motifs is 2. The van der Waals surface area contributed by atoms with Crippen LogP contribution >= 0.6 is 0 Å². The molecule has 0 radical (unpaired) electrons. The lowest BCUT2D eigenvalue weighted by atomic mass is 9.41. The molecule has 17 nitrogen and oxygen atoms in total. The Kier molecular flexibility index (Phi) is 14.2. The van der Waals surface area contributed by atoms with Gasteiger partial charge in [0.15, 0.2) is 18.9 Å². The lowest BCUT2D eigenvalue weighted by Gasteiger charge is -2.63. The molecule has 2 spiro atoms. The van der Waals surface area contributed by atoms with Crippen molar-refractivity contribution in [3.05, 3.63) is 11.6 Å². The minimum absolute atomic E-state index is 0.0653. The summed E-state index contributed by atoms with van der Waals surface area (Å²) in [4.78, 5) is 0. The van der Waals surface area contributed by atoms with Crippen molar-refractivity contribution in [2.75, 3.05) is 19.8 Å². The van der Waals surface area contributed by atoms with E-state index in [1.807, 2.05) is 13.0 Å². The zero-order valence-corrected chi connectivity index (χ0v) is 39.3. The van der Waals surface area contributed by atoms with Crippen molar-refractivity contribution in [2.45, 2.75) is 217 Å². The fourth-order valence-electron chi connectivity index (χ4n) is 15.5. The first kappa shape index (κ1) is 50.4. The second-order valence-corrected chi connectivity index (χ2v) is 22.8. The molecule has 3 heterocycles. The van der Waals surface area contributed by atoms with Gasteiger partial charge in [0.25, 0.3) is 0 Å². The average molecular weight is 929 g/mol. The highest BCUT2D eigenvalue weighted by Gasteiger charge is 2.82. The van der Waals surface area contributed by atoms with Crippen molar-refractivity contribution in [3.8, 4) is 0 Å².